The first-order chi connectivity index (χ1) is 12.8. The summed E-state index contributed by atoms with van der Waals surface area (Å²) in [5.41, 5.74) is 7.27. The van der Waals surface area contributed by atoms with Gasteiger partial charge < -0.3 is 0 Å². The molecule has 0 N–H and O–H groups in total. The van der Waals surface area contributed by atoms with Crippen LogP contribution in [0.5, 0.6) is 0 Å². The van der Waals surface area contributed by atoms with E-state index in [1.807, 2.05) is 0 Å². The number of rotatable bonds is 1. The topological polar surface area (TPSA) is 0 Å². The molecule has 4 aliphatic rings. The SMILES string of the molecule is C1=C2CC(C1)C1(CCCc3cc4ccc(C5CCCCC5)cc4cc31)C2. The van der Waals surface area contributed by atoms with Gasteiger partial charge in [0.2, 0.25) is 0 Å². The maximum atomic E-state index is 2.64. The predicted octanol–water partition coefficient (Wildman–Crippen LogP) is 7.20. The number of fused-ring (bicyclic) bond motifs is 6. The van der Waals surface area contributed by atoms with Crippen LogP contribution >= 0.6 is 0 Å². The second kappa shape index (κ2) is 5.72. The lowest BCUT2D eigenvalue weighted by Crippen LogP contribution is -2.35. The summed E-state index contributed by atoms with van der Waals surface area (Å²) in [4.78, 5) is 0. The summed E-state index contributed by atoms with van der Waals surface area (Å²) in [6.07, 6.45) is 17.8. The van der Waals surface area contributed by atoms with E-state index < -0.39 is 0 Å². The van der Waals surface area contributed by atoms with Gasteiger partial charge >= 0.3 is 0 Å². The molecule has 0 aliphatic heterocycles. The van der Waals surface area contributed by atoms with Gasteiger partial charge in [-0.15, -0.1) is 0 Å². The molecule has 0 amide bonds. The lowest BCUT2D eigenvalue weighted by molar-refractivity contribution is 0.270. The molecule has 26 heavy (non-hydrogen) atoms. The first kappa shape index (κ1) is 15.5. The molecule has 0 aromatic heterocycles. The second-order valence-electron chi connectivity index (χ2n) is 9.64. The van der Waals surface area contributed by atoms with Crippen molar-refractivity contribution >= 4 is 10.8 Å². The van der Waals surface area contributed by atoms with E-state index in [1.165, 1.54) is 81.4 Å². The number of benzene rings is 2. The zero-order valence-electron chi connectivity index (χ0n) is 15.9. The summed E-state index contributed by atoms with van der Waals surface area (Å²) in [6, 6.07) is 12.6. The fourth-order valence-electron chi connectivity index (χ4n) is 6.97. The van der Waals surface area contributed by atoms with E-state index in [0.29, 0.717) is 5.41 Å². The van der Waals surface area contributed by atoms with Crippen LogP contribution in [0.1, 0.15) is 86.8 Å². The quantitative estimate of drug-likeness (QED) is 0.481. The van der Waals surface area contributed by atoms with Crippen molar-refractivity contribution in [2.24, 2.45) is 5.92 Å². The Kier molecular flexibility index (Phi) is 3.41. The van der Waals surface area contributed by atoms with Crippen molar-refractivity contribution in [1.29, 1.82) is 0 Å². The Hall–Kier alpha value is -1.56. The molecule has 0 saturated heterocycles. The van der Waals surface area contributed by atoms with Crippen LogP contribution < -0.4 is 0 Å². The van der Waals surface area contributed by atoms with Crippen molar-refractivity contribution in [3.8, 4) is 0 Å². The number of aryl methyl sites for hydroxylation is 1. The molecular formula is C26H30. The Bertz CT molecular complexity index is 896. The molecule has 4 aliphatic carbocycles. The van der Waals surface area contributed by atoms with Crippen LogP contribution in [0.3, 0.4) is 0 Å². The van der Waals surface area contributed by atoms with E-state index in [2.05, 4.69) is 36.4 Å². The largest absolute Gasteiger partial charge is 0.0850 e. The highest BCUT2D eigenvalue weighted by Crippen LogP contribution is 2.59. The minimum atomic E-state index is 0.493. The van der Waals surface area contributed by atoms with Crippen LogP contribution in [-0.2, 0) is 11.8 Å². The Morgan fingerprint density at radius 1 is 0.885 bits per heavy atom. The zero-order chi connectivity index (χ0) is 17.1. The maximum Gasteiger partial charge on any atom is 0.00274 e. The minimum absolute atomic E-state index is 0.493. The van der Waals surface area contributed by atoms with Gasteiger partial charge in [-0.3, -0.25) is 0 Å². The van der Waals surface area contributed by atoms with E-state index >= 15 is 0 Å². The predicted molar refractivity (Wildman–Crippen MR) is 110 cm³/mol. The summed E-state index contributed by atoms with van der Waals surface area (Å²) < 4.78 is 0. The van der Waals surface area contributed by atoms with Gasteiger partial charge in [0.15, 0.2) is 0 Å². The van der Waals surface area contributed by atoms with Gasteiger partial charge in [-0.1, -0.05) is 61.2 Å². The molecule has 2 aromatic rings. The highest BCUT2D eigenvalue weighted by Gasteiger charge is 2.49. The third-order valence-corrected chi connectivity index (χ3v) is 8.29. The highest BCUT2D eigenvalue weighted by molar-refractivity contribution is 5.85. The average molecular weight is 343 g/mol. The van der Waals surface area contributed by atoms with Crippen LogP contribution in [-0.4, -0.2) is 0 Å². The van der Waals surface area contributed by atoms with Crippen molar-refractivity contribution < 1.29 is 0 Å². The van der Waals surface area contributed by atoms with Gasteiger partial charge in [0.1, 0.15) is 0 Å². The van der Waals surface area contributed by atoms with Gasteiger partial charge in [0, 0.05) is 5.41 Å². The summed E-state index contributed by atoms with van der Waals surface area (Å²) in [5, 5.41) is 2.99. The molecule has 2 unspecified atom stereocenters. The average Bonchev–Trinajstić information content (AvgIpc) is 3.29. The first-order valence-electron chi connectivity index (χ1n) is 11.1. The van der Waals surface area contributed by atoms with Crippen molar-refractivity contribution in [3.63, 3.8) is 0 Å². The van der Waals surface area contributed by atoms with Gasteiger partial charge in [-0.2, -0.15) is 0 Å². The van der Waals surface area contributed by atoms with Gasteiger partial charge in [0.05, 0.1) is 0 Å². The lowest BCUT2D eigenvalue weighted by atomic mass is 9.62. The van der Waals surface area contributed by atoms with E-state index in [4.69, 9.17) is 0 Å². The standard InChI is InChI=1S/C26H30/c1-2-5-19(6-3-1)20-9-10-21-14-22-7-4-12-26(25(22)16-23(21)15-20)17-18-8-11-24(26)13-18/h8-10,14-16,19,24H,1-7,11-13,17H2. The van der Waals surface area contributed by atoms with Crippen molar-refractivity contribution in [2.75, 3.05) is 0 Å². The molecule has 134 valence electrons. The van der Waals surface area contributed by atoms with Crippen molar-refractivity contribution in [3.05, 3.63) is 58.7 Å². The number of hydrogen-bond acceptors (Lipinski definition) is 0. The molecule has 2 atom stereocenters. The molecular weight excluding hydrogens is 312 g/mol. The fourth-order valence-corrected chi connectivity index (χ4v) is 6.97. The van der Waals surface area contributed by atoms with E-state index in [0.717, 1.165) is 11.8 Å². The number of hydrogen-bond donors (Lipinski definition) is 0. The molecule has 6 rings (SSSR count). The smallest absolute Gasteiger partial charge is 0.00274 e. The maximum absolute atomic E-state index is 2.64. The fraction of sp³-hybridized carbons (Fsp3) is 0.538. The van der Waals surface area contributed by atoms with Crippen LogP contribution in [0.25, 0.3) is 10.8 Å². The summed E-state index contributed by atoms with van der Waals surface area (Å²) in [5.74, 6) is 1.71. The van der Waals surface area contributed by atoms with E-state index in [1.54, 1.807) is 22.3 Å². The van der Waals surface area contributed by atoms with Crippen molar-refractivity contribution in [2.45, 2.75) is 82.0 Å². The Morgan fingerprint density at radius 2 is 1.81 bits per heavy atom. The minimum Gasteiger partial charge on any atom is -0.0850 e. The lowest BCUT2D eigenvalue weighted by Gasteiger charge is -2.42. The monoisotopic (exact) mass is 342 g/mol. The molecule has 2 saturated carbocycles. The van der Waals surface area contributed by atoms with E-state index in [9.17, 15) is 0 Å². The Labute approximate surface area is 157 Å². The molecule has 1 spiro atoms. The van der Waals surface area contributed by atoms with Crippen molar-refractivity contribution in [1.82, 2.24) is 0 Å². The Morgan fingerprint density at radius 3 is 2.62 bits per heavy atom. The van der Waals surface area contributed by atoms with Gasteiger partial charge in [-0.25, -0.2) is 0 Å². The van der Waals surface area contributed by atoms with Crippen LogP contribution in [0.2, 0.25) is 0 Å². The molecule has 0 nitrogen and oxygen atoms in total. The second-order valence-corrected chi connectivity index (χ2v) is 9.64. The summed E-state index contributed by atoms with van der Waals surface area (Å²) >= 11 is 0. The normalized spacial score (nSPS) is 30.8. The molecule has 0 heterocycles. The van der Waals surface area contributed by atoms with Crippen LogP contribution in [0, 0.1) is 5.92 Å². The summed E-state index contributed by atoms with van der Waals surface area (Å²) in [6.45, 7) is 0. The molecule has 0 heteroatoms. The Balaban J connectivity index is 1.47. The third-order valence-electron chi connectivity index (χ3n) is 8.29. The van der Waals surface area contributed by atoms with Crippen LogP contribution in [0.4, 0.5) is 0 Å². The molecule has 2 fully saturated rings. The molecule has 0 radical (unpaired) electrons. The van der Waals surface area contributed by atoms with Crippen LogP contribution in [0.15, 0.2) is 42.0 Å². The number of allylic oxidation sites excluding steroid dienone is 2. The van der Waals surface area contributed by atoms with Gasteiger partial charge in [0.25, 0.3) is 0 Å². The highest BCUT2D eigenvalue weighted by atomic mass is 14.5. The zero-order valence-corrected chi connectivity index (χ0v) is 15.9. The van der Waals surface area contributed by atoms with Gasteiger partial charge in [-0.05, 0) is 90.7 Å². The molecule has 2 aromatic carbocycles. The first-order valence-corrected chi connectivity index (χ1v) is 11.1. The third kappa shape index (κ3) is 2.20. The van der Waals surface area contributed by atoms with E-state index in [-0.39, 0.29) is 0 Å². The summed E-state index contributed by atoms with van der Waals surface area (Å²) in [7, 11) is 0. The molecule has 2 bridgehead atoms.